The normalized spacial score (nSPS) is 17.9. The molecule has 0 amide bonds. The molecule has 1 atom stereocenters. The Kier molecular flexibility index (Phi) is 5.61. The standard InChI is InChI=1S/C18H19ClF3N3/c19-15-6-5-13(18(20,21)22)12-14(15)17(16-4-1-2-8-24-16)25-10-3-7-23-9-11-25/h1-2,4-6,8,12,17,23H,3,7,9-11H2. The van der Waals surface area contributed by atoms with Crippen LogP contribution >= 0.6 is 11.6 Å². The first-order valence-electron chi connectivity index (χ1n) is 8.19. The maximum absolute atomic E-state index is 13.2. The van der Waals surface area contributed by atoms with Crippen molar-refractivity contribution in [3.8, 4) is 0 Å². The lowest BCUT2D eigenvalue weighted by molar-refractivity contribution is -0.137. The third-order valence-corrected chi connectivity index (χ3v) is 4.67. The predicted molar refractivity (Wildman–Crippen MR) is 91.6 cm³/mol. The van der Waals surface area contributed by atoms with E-state index in [-0.39, 0.29) is 0 Å². The first-order chi connectivity index (χ1) is 12.0. The minimum atomic E-state index is -4.41. The van der Waals surface area contributed by atoms with Gasteiger partial charge in [0, 0.05) is 30.9 Å². The van der Waals surface area contributed by atoms with Crippen molar-refractivity contribution in [3.63, 3.8) is 0 Å². The summed E-state index contributed by atoms with van der Waals surface area (Å²) in [7, 11) is 0. The Morgan fingerprint density at radius 1 is 1.12 bits per heavy atom. The van der Waals surface area contributed by atoms with E-state index < -0.39 is 17.8 Å². The van der Waals surface area contributed by atoms with Gasteiger partial charge in [-0.3, -0.25) is 9.88 Å². The van der Waals surface area contributed by atoms with Gasteiger partial charge in [0.15, 0.2) is 0 Å². The van der Waals surface area contributed by atoms with Crippen LogP contribution in [0.5, 0.6) is 0 Å². The second kappa shape index (κ2) is 7.72. The molecular weight excluding hydrogens is 351 g/mol. The van der Waals surface area contributed by atoms with Gasteiger partial charge in [0.25, 0.3) is 0 Å². The van der Waals surface area contributed by atoms with Gasteiger partial charge in [-0.25, -0.2) is 0 Å². The summed E-state index contributed by atoms with van der Waals surface area (Å²) in [4.78, 5) is 6.53. The Labute approximate surface area is 149 Å². The van der Waals surface area contributed by atoms with Crippen LogP contribution in [0.1, 0.15) is 29.3 Å². The fraction of sp³-hybridized carbons (Fsp3) is 0.389. The molecule has 0 radical (unpaired) electrons. The monoisotopic (exact) mass is 369 g/mol. The number of pyridine rings is 1. The highest BCUT2D eigenvalue weighted by molar-refractivity contribution is 6.31. The molecule has 25 heavy (non-hydrogen) atoms. The van der Waals surface area contributed by atoms with E-state index in [9.17, 15) is 13.2 Å². The van der Waals surface area contributed by atoms with Crippen molar-refractivity contribution >= 4 is 11.6 Å². The van der Waals surface area contributed by atoms with E-state index >= 15 is 0 Å². The molecule has 3 nitrogen and oxygen atoms in total. The quantitative estimate of drug-likeness (QED) is 0.881. The van der Waals surface area contributed by atoms with Gasteiger partial charge in [0.05, 0.1) is 17.3 Å². The second-order valence-corrected chi connectivity index (χ2v) is 6.44. The number of benzene rings is 1. The van der Waals surface area contributed by atoms with Crippen molar-refractivity contribution in [2.45, 2.75) is 18.6 Å². The first-order valence-corrected chi connectivity index (χ1v) is 8.57. The number of rotatable bonds is 3. The average Bonchev–Trinajstić information content (AvgIpc) is 2.86. The van der Waals surface area contributed by atoms with E-state index in [0.717, 1.165) is 38.2 Å². The zero-order valence-corrected chi connectivity index (χ0v) is 14.3. The van der Waals surface area contributed by atoms with Crippen LogP contribution in [0.2, 0.25) is 5.02 Å². The number of alkyl halides is 3. The zero-order chi connectivity index (χ0) is 17.9. The molecule has 1 saturated heterocycles. The summed E-state index contributed by atoms with van der Waals surface area (Å²) in [5.74, 6) is 0. The van der Waals surface area contributed by atoms with E-state index in [1.165, 1.54) is 6.07 Å². The lowest BCUT2D eigenvalue weighted by Gasteiger charge is -2.31. The Balaban J connectivity index is 2.08. The first kappa shape index (κ1) is 18.2. The van der Waals surface area contributed by atoms with Crippen molar-refractivity contribution in [1.82, 2.24) is 15.2 Å². The molecule has 0 saturated carbocycles. The summed E-state index contributed by atoms with van der Waals surface area (Å²) in [6, 6.07) is 8.55. The van der Waals surface area contributed by atoms with Gasteiger partial charge in [-0.1, -0.05) is 17.7 Å². The lowest BCUT2D eigenvalue weighted by Crippen LogP contribution is -2.33. The Morgan fingerprint density at radius 2 is 1.96 bits per heavy atom. The van der Waals surface area contributed by atoms with Crippen molar-refractivity contribution in [3.05, 3.63) is 64.4 Å². The number of halogens is 4. The van der Waals surface area contributed by atoms with Gasteiger partial charge < -0.3 is 5.32 Å². The highest BCUT2D eigenvalue weighted by Crippen LogP contribution is 2.37. The molecule has 1 aliphatic heterocycles. The average molecular weight is 370 g/mol. The summed E-state index contributed by atoms with van der Waals surface area (Å²) in [6.07, 6.45) is -1.84. The van der Waals surface area contributed by atoms with Crippen molar-refractivity contribution < 1.29 is 13.2 Å². The molecule has 2 heterocycles. The number of hydrogen-bond donors (Lipinski definition) is 1. The molecular formula is C18H19ClF3N3. The Morgan fingerprint density at radius 3 is 2.68 bits per heavy atom. The summed E-state index contributed by atoms with van der Waals surface area (Å²) in [5, 5.41) is 3.63. The molecule has 134 valence electrons. The topological polar surface area (TPSA) is 28.2 Å². The predicted octanol–water partition coefficient (Wildman–Crippen LogP) is 4.14. The van der Waals surface area contributed by atoms with Crippen molar-refractivity contribution in [2.24, 2.45) is 0 Å². The molecule has 0 bridgehead atoms. The third-order valence-electron chi connectivity index (χ3n) is 4.33. The van der Waals surface area contributed by atoms with Crippen LogP contribution < -0.4 is 5.32 Å². The van der Waals surface area contributed by atoms with Crippen molar-refractivity contribution in [1.29, 1.82) is 0 Å². The number of nitrogens with one attached hydrogen (secondary N) is 1. The van der Waals surface area contributed by atoms with Gasteiger partial charge >= 0.3 is 6.18 Å². The summed E-state index contributed by atoms with van der Waals surface area (Å²) in [6.45, 7) is 3.15. The lowest BCUT2D eigenvalue weighted by atomic mass is 9.98. The van der Waals surface area contributed by atoms with Gasteiger partial charge in [-0.15, -0.1) is 0 Å². The van der Waals surface area contributed by atoms with E-state index in [2.05, 4.69) is 15.2 Å². The van der Waals surface area contributed by atoms with Crippen LogP contribution in [0.25, 0.3) is 0 Å². The molecule has 1 unspecified atom stereocenters. The SMILES string of the molecule is FC(F)(F)c1ccc(Cl)c(C(c2ccccn2)N2CCCNCC2)c1. The van der Waals surface area contributed by atoms with Gasteiger partial charge in [0.2, 0.25) is 0 Å². The van der Waals surface area contributed by atoms with E-state index in [1.54, 1.807) is 12.3 Å². The van der Waals surface area contributed by atoms with E-state index in [0.29, 0.717) is 22.8 Å². The molecule has 1 N–H and O–H groups in total. The zero-order valence-electron chi connectivity index (χ0n) is 13.6. The smallest absolute Gasteiger partial charge is 0.315 e. The van der Waals surface area contributed by atoms with Crippen LogP contribution in [0.4, 0.5) is 13.2 Å². The largest absolute Gasteiger partial charge is 0.416 e. The fourth-order valence-corrected chi connectivity index (χ4v) is 3.36. The number of hydrogen-bond acceptors (Lipinski definition) is 3. The summed E-state index contributed by atoms with van der Waals surface area (Å²) in [5.41, 5.74) is 0.448. The highest BCUT2D eigenvalue weighted by Gasteiger charge is 2.33. The maximum atomic E-state index is 13.2. The Bertz CT molecular complexity index is 698. The van der Waals surface area contributed by atoms with Crippen LogP contribution in [0, 0.1) is 0 Å². The van der Waals surface area contributed by atoms with E-state index in [4.69, 9.17) is 11.6 Å². The molecule has 1 aromatic heterocycles. The molecule has 7 heteroatoms. The molecule has 1 aliphatic rings. The number of nitrogens with zero attached hydrogens (tertiary/aromatic N) is 2. The highest BCUT2D eigenvalue weighted by atomic mass is 35.5. The molecule has 2 aromatic rings. The molecule has 3 rings (SSSR count). The minimum Gasteiger partial charge on any atom is -0.315 e. The fourth-order valence-electron chi connectivity index (χ4n) is 3.14. The van der Waals surface area contributed by atoms with Crippen LogP contribution in [-0.2, 0) is 6.18 Å². The van der Waals surface area contributed by atoms with Gasteiger partial charge in [-0.2, -0.15) is 13.2 Å². The summed E-state index contributed by atoms with van der Waals surface area (Å²) < 4.78 is 39.6. The second-order valence-electron chi connectivity index (χ2n) is 6.03. The van der Waals surface area contributed by atoms with Gasteiger partial charge in [-0.05, 0) is 48.9 Å². The van der Waals surface area contributed by atoms with Crippen LogP contribution in [0.3, 0.4) is 0 Å². The van der Waals surface area contributed by atoms with Crippen LogP contribution in [-0.4, -0.2) is 36.1 Å². The third kappa shape index (κ3) is 4.32. The van der Waals surface area contributed by atoms with Crippen LogP contribution in [0.15, 0.2) is 42.6 Å². The number of aromatic nitrogens is 1. The maximum Gasteiger partial charge on any atom is 0.416 e. The van der Waals surface area contributed by atoms with Gasteiger partial charge in [0.1, 0.15) is 0 Å². The summed E-state index contributed by atoms with van der Waals surface area (Å²) >= 11 is 6.31. The Hall–Kier alpha value is -1.63. The molecule has 0 aliphatic carbocycles. The molecule has 1 aromatic carbocycles. The van der Waals surface area contributed by atoms with E-state index in [1.807, 2.05) is 12.1 Å². The van der Waals surface area contributed by atoms with Crippen molar-refractivity contribution in [2.75, 3.05) is 26.2 Å². The minimum absolute atomic E-state index is 0.320. The molecule has 0 spiro atoms. The molecule has 1 fully saturated rings.